The fourth-order valence-corrected chi connectivity index (χ4v) is 3.68. The predicted molar refractivity (Wildman–Crippen MR) is 109 cm³/mol. The third kappa shape index (κ3) is 4.46. The van der Waals surface area contributed by atoms with Crippen molar-refractivity contribution >= 4 is 11.9 Å². The van der Waals surface area contributed by atoms with Crippen LogP contribution in [0, 0.1) is 5.92 Å². The van der Waals surface area contributed by atoms with E-state index in [0.717, 1.165) is 24.6 Å². The maximum atomic E-state index is 13.3. The lowest BCUT2D eigenvalue weighted by molar-refractivity contribution is -0.134. The van der Waals surface area contributed by atoms with E-state index in [1.54, 1.807) is 12.4 Å². The third-order valence-electron chi connectivity index (χ3n) is 5.32. The second-order valence-corrected chi connectivity index (χ2v) is 7.90. The first kappa shape index (κ1) is 19.3. The molecule has 1 aliphatic rings. The van der Waals surface area contributed by atoms with Crippen molar-refractivity contribution in [2.75, 3.05) is 31.1 Å². The van der Waals surface area contributed by atoms with Gasteiger partial charge in [-0.25, -0.2) is 9.97 Å². The molecule has 27 heavy (non-hydrogen) atoms. The van der Waals surface area contributed by atoms with Crippen molar-refractivity contribution < 1.29 is 4.79 Å². The Hall–Kier alpha value is -2.43. The van der Waals surface area contributed by atoms with E-state index in [1.807, 2.05) is 11.0 Å². The monoisotopic (exact) mass is 366 g/mol. The summed E-state index contributed by atoms with van der Waals surface area (Å²) in [4.78, 5) is 26.1. The maximum Gasteiger partial charge on any atom is 0.230 e. The van der Waals surface area contributed by atoms with E-state index in [4.69, 9.17) is 0 Å². The highest BCUT2D eigenvalue weighted by atomic mass is 16.2. The average molecular weight is 367 g/mol. The smallest absolute Gasteiger partial charge is 0.230 e. The minimum Gasteiger partial charge on any atom is -0.339 e. The number of amides is 1. The molecule has 2 aromatic rings. The van der Waals surface area contributed by atoms with Gasteiger partial charge in [-0.1, -0.05) is 52.0 Å². The average Bonchev–Trinajstić information content (AvgIpc) is 2.69. The first-order valence-corrected chi connectivity index (χ1v) is 9.88. The number of benzene rings is 1. The number of hydrogen-bond acceptors (Lipinski definition) is 4. The van der Waals surface area contributed by atoms with E-state index in [1.165, 1.54) is 5.56 Å². The van der Waals surface area contributed by atoms with Gasteiger partial charge in [0.1, 0.15) is 0 Å². The van der Waals surface area contributed by atoms with Gasteiger partial charge in [-0.05, 0) is 29.0 Å². The highest BCUT2D eigenvalue weighted by Crippen LogP contribution is 2.29. The molecule has 0 N–H and O–H groups in total. The first-order chi connectivity index (χ1) is 13.0. The van der Waals surface area contributed by atoms with Crippen LogP contribution in [0.1, 0.15) is 50.7 Å². The second kappa shape index (κ2) is 8.51. The molecule has 0 bridgehead atoms. The summed E-state index contributed by atoms with van der Waals surface area (Å²) in [5.74, 6) is 1.65. The number of piperazine rings is 1. The highest BCUT2D eigenvalue weighted by Gasteiger charge is 2.31. The zero-order chi connectivity index (χ0) is 19.4. The molecule has 3 rings (SSSR count). The largest absolute Gasteiger partial charge is 0.339 e. The van der Waals surface area contributed by atoms with Gasteiger partial charge in [0.25, 0.3) is 0 Å². The Labute approximate surface area is 162 Å². The number of nitrogens with zero attached hydrogens (tertiary/aromatic N) is 4. The number of rotatable bonds is 5. The summed E-state index contributed by atoms with van der Waals surface area (Å²) in [7, 11) is 0. The van der Waals surface area contributed by atoms with Crippen molar-refractivity contribution in [2.24, 2.45) is 5.92 Å². The summed E-state index contributed by atoms with van der Waals surface area (Å²) in [5.41, 5.74) is 2.43. The lowest BCUT2D eigenvalue weighted by Crippen LogP contribution is -2.51. The van der Waals surface area contributed by atoms with Gasteiger partial charge in [-0.3, -0.25) is 4.79 Å². The van der Waals surface area contributed by atoms with Crippen LogP contribution in [-0.4, -0.2) is 47.0 Å². The van der Waals surface area contributed by atoms with Gasteiger partial charge in [0.15, 0.2) is 0 Å². The summed E-state index contributed by atoms with van der Waals surface area (Å²) in [6.45, 7) is 11.6. The Kier molecular flexibility index (Phi) is 6.09. The molecule has 1 aromatic heterocycles. The number of anilines is 1. The molecular weight excluding hydrogens is 336 g/mol. The van der Waals surface area contributed by atoms with E-state index in [0.29, 0.717) is 19.0 Å². The Morgan fingerprint density at radius 2 is 1.44 bits per heavy atom. The van der Waals surface area contributed by atoms with Gasteiger partial charge in [0.2, 0.25) is 11.9 Å². The molecule has 0 aliphatic carbocycles. The number of hydrogen-bond donors (Lipinski definition) is 0. The summed E-state index contributed by atoms with van der Waals surface area (Å²) < 4.78 is 0. The van der Waals surface area contributed by atoms with Crippen LogP contribution in [0.15, 0.2) is 42.7 Å². The first-order valence-electron chi connectivity index (χ1n) is 9.88. The van der Waals surface area contributed by atoms with E-state index in [9.17, 15) is 4.79 Å². The molecule has 5 nitrogen and oxygen atoms in total. The quantitative estimate of drug-likeness (QED) is 0.810. The fourth-order valence-electron chi connectivity index (χ4n) is 3.68. The lowest BCUT2D eigenvalue weighted by atomic mass is 9.86. The molecule has 1 aromatic carbocycles. The van der Waals surface area contributed by atoms with E-state index in [-0.39, 0.29) is 17.7 Å². The van der Waals surface area contributed by atoms with Crippen molar-refractivity contribution in [3.63, 3.8) is 0 Å². The van der Waals surface area contributed by atoms with Gasteiger partial charge in [-0.2, -0.15) is 0 Å². The molecule has 1 unspecified atom stereocenters. The normalized spacial score (nSPS) is 16.1. The molecule has 1 atom stereocenters. The third-order valence-corrected chi connectivity index (χ3v) is 5.32. The Balaban J connectivity index is 1.69. The summed E-state index contributed by atoms with van der Waals surface area (Å²) in [6, 6.07) is 10.4. The van der Waals surface area contributed by atoms with Crippen molar-refractivity contribution in [3.05, 3.63) is 53.9 Å². The summed E-state index contributed by atoms with van der Waals surface area (Å²) in [5, 5.41) is 0. The number of carbonyl (C=O) groups excluding carboxylic acids is 1. The molecule has 144 valence electrons. The summed E-state index contributed by atoms with van der Waals surface area (Å²) >= 11 is 0. The number of aromatic nitrogens is 2. The maximum absolute atomic E-state index is 13.3. The molecule has 0 spiro atoms. The van der Waals surface area contributed by atoms with Crippen LogP contribution in [0.5, 0.6) is 0 Å². The lowest BCUT2D eigenvalue weighted by Gasteiger charge is -2.37. The fraction of sp³-hybridized carbons (Fsp3) is 0.500. The number of carbonyl (C=O) groups is 1. The molecule has 5 heteroatoms. The van der Waals surface area contributed by atoms with Crippen molar-refractivity contribution in [3.8, 4) is 0 Å². The van der Waals surface area contributed by atoms with Crippen LogP contribution in [0.25, 0.3) is 0 Å². The van der Waals surface area contributed by atoms with Crippen molar-refractivity contribution in [1.29, 1.82) is 0 Å². The van der Waals surface area contributed by atoms with Crippen LogP contribution in [0.3, 0.4) is 0 Å². The molecule has 2 heterocycles. The minimum absolute atomic E-state index is 0.0919. The van der Waals surface area contributed by atoms with Crippen LogP contribution in [0.4, 0.5) is 5.95 Å². The Bertz CT molecular complexity index is 735. The van der Waals surface area contributed by atoms with Crippen LogP contribution in [-0.2, 0) is 4.79 Å². The van der Waals surface area contributed by atoms with Gasteiger partial charge in [0, 0.05) is 38.6 Å². The van der Waals surface area contributed by atoms with Gasteiger partial charge < -0.3 is 9.80 Å². The van der Waals surface area contributed by atoms with E-state index < -0.39 is 0 Å². The Morgan fingerprint density at radius 1 is 0.889 bits per heavy atom. The standard InChI is InChI=1S/C22H30N4O/c1-16(2)18-6-8-19(9-7-18)20(17(3)4)21(27)25-12-14-26(15-13-25)22-23-10-5-11-24-22/h5-11,16-17,20H,12-15H2,1-4H3. The molecule has 1 saturated heterocycles. The van der Waals surface area contributed by atoms with Gasteiger partial charge in [-0.15, -0.1) is 0 Å². The van der Waals surface area contributed by atoms with E-state index in [2.05, 4.69) is 66.8 Å². The molecule has 0 saturated carbocycles. The molecule has 1 fully saturated rings. The highest BCUT2D eigenvalue weighted by molar-refractivity contribution is 5.84. The van der Waals surface area contributed by atoms with E-state index >= 15 is 0 Å². The zero-order valence-corrected chi connectivity index (χ0v) is 16.8. The molecule has 0 radical (unpaired) electrons. The molecule has 1 amide bonds. The second-order valence-electron chi connectivity index (χ2n) is 7.90. The molecule has 1 aliphatic heterocycles. The van der Waals surface area contributed by atoms with Crippen molar-refractivity contribution in [1.82, 2.24) is 14.9 Å². The molecular formula is C22H30N4O. The SMILES string of the molecule is CC(C)c1ccc(C(C(=O)N2CCN(c3ncccn3)CC2)C(C)C)cc1. The zero-order valence-electron chi connectivity index (χ0n) is 16.8. The summed E-state index contributed by atoms with van der Waals surface area (Å²) in [6.07, 6.45) is 3.52. The van der Waals surface area contributed by atoms with Gasteiger partial charge >= 0.3 is 0 Å². The van der Waals surface area contributed by atoms with Crippen LogP contribution >= 0.6 is 0 Å². The predicted octanol–water partition coefficient (Wildman–Crippen LogP) is 3.69. The minimum atomic E-state index is -0.0919. The van der Waals surface area contributed by atoms with Crippen LogP contribution in [0.2, 0.25) is 0 Å². The Morgan fingerprint density at radius 3 is 1.96 bits per heavy atom. The topological polar surface area (TPSA) is 49.3 Å². The van der Waals surface area contributed by atoms with Gasteiger partial charge in [0.05, 0.1) is 5.92 Å². The van der Waals surface area contributed by atoms with Crippen molar-refractivity contribution in [2.45, 2.75) is 39.5 Å². The van der Waals surface area contributed by atoms with Crippen LogP contribution < -0.4 is 4.90 Å².